The average molecular weight is 316 g/mol. The molecule has 1 saturated heterocycles. The van der Waals surface area contributed by atoms with E-state index in [-0.39, 0.29) is 5.91 Å². The zero-order valence-corrected chi connectivity index (χ0v) is 12.9. The molecule has 20 heavy (non-hydrogen) atoms. The van der Waals surface area contributed by atoms with Gasteiger partial charge >= 0.3 is 5.97 Å². The van der Waals surface area contributed by atoms with Crippen molar-refractivity contribution in [1.29, 1.82) is 0 Å². The predicted octanol–water partition coefficient (Wildman–Crippen LogP) is 3.05. The molecule has 2 atom stereocenters. The molecule has 4 nitrogen and oxygen atoms in total. The Morgan fingerprint density at radius 3 is 2.85 bits per heavy atom. The standard InChI is InChI=1S/C14H18ClNO3S/c1-9-6-7-16(11(8-9)14(18)19)13(17)5-3-10-2-4-12(15)20-10/h2,4,9,11H,3,5-8H2,1H3,(H,18,19). The summed E-state index contributed by atoms with van der Waals surface area (Å²) in [4.78, 5) is 26.1. The summed E-state index contributed by atoms with van der Waals surface area (Å²) in [6.45, 7) is 2.58. The molecule has 2 unspecified atom stereocenters. The van der Waals surface area contributed by atoms with E-state index in [2.05, 4.69) is 0 Å². The summed E-state index contributed by atoms with van der Waals surface area (Å²) < 4.78 is 0.711. The molecule has 1 N–H and O–H groups in total. The van der Waals surface area contributed by atoms with Gasteiger partial charge in [0, 0.05) is 17.8 Å². The van der Waals surface area contributed by atoms with Crippen LogP contribution in [0.25, 0.3) is 0 Å². The monoisotopic (exact) mass is 315 g/mol. The largest absolute Gasteiger partial charge is 0.480 e. The van der Waals surface area contributed by atoms with Gasteiger partial charge in [0.1, 0.15) is 6.04 Å². The minimum atomic E-state index is -0.899. The van der Waals surface area contributed by atoms with Crippen molar-refractivity contribution in [3.05, 3.63) is 21.3 Å². The van der Waals surface area contributed by atoms with Crippen molar-refractivity contribution in [2.24, 2.45) is 5.92 Å². The van der Waals surface area contributed by atoms with E-state index in [0.717, 1.165) is 11.3 Å². The highest BCUT2D eigenvalue weighted by atomic mass is 35.5. The summed E-state index contributed by atoms with van der Waals surface area (Å²) in [6.07, 6.45) is 2.38. The van der Waals surface area contributed by atoms with Gasteiger partial charge in [0.15, 0.2) is 0 Å². The van der Waals surface area contributed by atoms with Crippen LogP contribution in [-0.4, -0.2) is 34.5 Å². The second kappa shape index (κ2) is 6.59. The number of carbonyl (C=O) groups is 2. The smallest absolute Gasteiger partial charge is 0.326 e. The first-order chi connectivity index (χ1) is 9.47. The van der Waals surface area contributed by atoms with Gasteiger partial charge in [-0.25, -0.2) is 4.79 Å². The van der Waals surface area contributed by atoms with Crippen molar-refractivity contribution in [2.45, 2.75) is 38.6 Å². The maximum absolute atomic E-state index is 12.2. The van der Waals surface area contributed by atoms with Crippen molar-refractivity contribution >= 4 is 34.8 Å². The van der Waals surface area contributed by atoms with Crippen LogP contribution in [0.1, 0.15) is 31.1 Å². The molecular formula is C14H18ClNO3S. The van der Waals surface area contributed by atoms with Gasteiger partial charge in [-0.2, -0.15) is 0 Å². The van der Waals surface area contributed by atoms with E-state index in [1.165, 1.54) is 16.2 Å². The highest BCUT2D eigenvalue weighted by Crippen LogP contribution is 2.25. The van der Waals surface area contributed by atoms with E-state index in [1.807, 2.05) is 19.1 Å². The van der Waals surface area contributed by atoms with Gasteiger partial charge in [-0.1, -0.05) is 18.5 Å². The van der Waals surface area contributed by atoms with Crippen LogP contribution in [0.4, 0.5) is 0 Å². The topological polar surface area (TPSA) is 57.6 Å². The number of rotatable bonds is 4. The van der Waals surface area contributed by atoms with Gasteiger partial charge in [-0.05, 0) is 37.3 Å². The van der Waals surface area contributed by atoms with Crippen molar-refractivity contribution in [3.8, 4) is 0 Å². The van der Waals surface area contributed by atoms with Crippen LogP contribution < -0.4 is 0 Å². The number of nitrogens with zero attached hydrogens (tertiary/aromatic N) is 1. The number of halogens is 1. The lowest BCUT2D eigenvalue weighted by Crippen LogP contribution is -2.49. The quantitative estimate of drug-likeness (QED) is 0.929. The molecule has 1 fully saturated rings. The molecule has 2 rings (SSSR count). The van der Waals surface area contributed by atoms with Gasteiger partial charge in [-0.15, -0.1) is 11.3 Å². The zero-order chi connectivity index (χ0) is 14.7. The summed E-state index contributed by atoms with van der Waals surface area (Å²) in [5.41, 5.74) is 0. The first-order valence-electron chi connectivity index (χ1n) is 6.74. The molecule has 110 valence electrons. The fraction of sp³-hybridized carbons (Fsp3) is 0.571. The predicted molar refractivity (Wildman–Crippen MR) is 79.2 cm³/mol. The summed E-state index contributed by atoms with van der Waals surface area (Å²) in [5.74, 6) is -0.617. The third-order valence-corrected chi connectivity index (χ3v) is 4.98. The third-order valence-electron chi connectivity index (χ3n) is 3.68. The first kappa shape index (κ1) is 15.3. The van der Waals surface area contributed by atoms with Crippen molar-refractivity contribution < 1.29 is 14.7 Å². The zero-order valence-electron chi connectivity index (χ0n) is 11.3. The normalized spacial score (nSPS) is 22.8. The number of thiophene rings is 1. The molecule has 1 aliphatic rings. The third kappa shape index (κ3) is 3.73. The fourth-order valence-electron chi connectivity index (χ4n) is 2.53. The summed E-state index contributed by atoms with van der Waals surface area (Å²) in [5, 5.41) is 9.25. The Bertz CT molecular complexity index is 502. The Kier molecular flexibility index (Phi) is 5.05. The lowest BCUT2D eigenvalue weighted by atomic mass is 9.92. The summed E-state index contributed by atoms with van der Waals surface area (Å²) in [7, 11) is 0. The van der Waals surface area contributed by atoms with Crippen LogP contribution >= 0.6 is 22.9 Å². The highest BCUT2D eigenvalue weighted by Gasteiger charge is 2.34. The Morgan fingerprint density at radius 1 is 1.50 bits per heavy atom. The highest BCUT2D eigenvalue weighted by molar-refractivity contribution is 7.16. The number of carbonyl (C=O) groups excluding carboxylic acids is 1. The van der Waals surface area contributed by atoms with E-state index in [0.29, 0.717) is 36.1 Å². The maximum atomic E-state index is 12.2. The van der Waals surface area contributed by atoms with Crippen LogP contribution in [0, 0.1) is 5.92 Å². The van der Waals surface area contributed by atoms with Crippen LogP contribution in [-0.2, 0) is 16.0 Å². The molecule has 6 heteroatoms. The molecule has 0 aromatic carbocycles. The van der Waals surface area contributed by atoms with Crippen LogP contribution in [0.5, 0.6) is 0 Å². The van der Waals surface area contributed by atoms with Gasteiger partial charge in [0.2, 0.25) is 5.91 Å². The van der Waals surface area contributed by atoms with E-state index in [4.69, 9.17) is 11.6 Å². The molecule has 0 saturated carbocycles. The molecule has 1 amide bonds. The number of carboxylic acid groups (broad SMARTS) is 1. The SMILES string of the molecule is CC1CCN(C(=O)CCc2ccc(Cl)s2)C(C(=O)O)C1. The number of hydrogen-bond donors (Lipinski definition) is 1. The number of likely N-dealkylation sites (tertiary alicyclic amines) is 1. The molecule has 2 heterocycles. The Morgan fingerprint density at radius 2 is 2.25 bits per heavy atom. The minimum absolute atomic E-state index is 0.0752. The number of piperidine rings is 1. The fourth-order valence-corrected chi connectivity index (χ4v) is 3.62. The molecule has 0 aliphatic carbocycles. The van der Waals surface area contributed by atoms with Crippen molar-refractivity contribution in [2.75, 3.05) is 6.54 Å². The maximum Gasteiger partial charge on any atom is 0.326 e. The Hall–Kier alpha value is -1.07. The van der Waals surface area contributed by atoms with Gasteiger partial charge < -0.3 is 10.0 Å². The van der Waals surface area contributed by atoms with Crippen molar-refractivity contribution in [1.82, 2.24) is 4.90 Å². The average Bonchev–Trinajstić information content (AvgIpc) is 2.81. The van der Waals surface area contributed by atoms with Gasteiger partial charge in [0.05, 0.1) is 4.34 Å². The van der Waals surface area contributed by atoms with E-state index < -0.39 is 12.0 Å². The summed E-state index contributed by atoms with van der Waals surface area (Å²) >= 11 is 7.31. The van der Waals surface area contributed by atoms with E-state index >= 15 is 0 Å². The van der Waals surface area contributed by atoms with Crippen LogP contribution in [0.3, 0.4) is 0 Å². The summed E-state index contributed by atoms with van der Waals surface area (Å²) in [6, 6.07) is 3.06. The molecule has 1 aromatic rings. The number of amides is 1. The van der Waals surface area contributed by atoms with Gasteiger partial charge in [0.25, 0.3) is 0 Å². The van der Waals surface area contributed by atoms with Crippen LogP contribution in [0.15, 0.2) is 12.1 Å². The van der Waals surface area contributed by atoms with E-state index in [9.17, 15) is 14.7 Å². The minimum Gasteiger partial charge on any atom is -0.480 e. The first-order valence-corrected chi connectivity index (χ1v) is 7.93. The molecule has 0 bridgehead atoms. The molecule has 1 aliphatic heterocycles. The van der Waals surface area contributed by atoms with Crippen molar-refractivity contribution in [3.63, 3.8) is 0 Å². The molecule has 0 spiro atoms. The lowest BCUT2D eigenvalue weighted by molar-refractivity contribution is -0.153. The second-order valence-corrected chi connectivity index (χ2v) is 7.08. The second-order valence-electron chi connectivity index (χ2n) is 5.28. The molecule has 1 aromatic heterocycles. The number of aliphatic carboxylic acids is 1. The van der Waals surface area contributed by atoms with Crippen LogP contribution in [0.2, 0.25) is 4.34 Å². The lowest BCUT2D eigenvalue weighted by Gasteiger charge is -2.36. The van der Waals surface area contributed by atoms with E-state index in [1.54, 1.807) is 0 Å². The molecule has 0 radical (unpaired) electrons. The number of aryl methyl sites for hydroxylation is 1. The Labute approximate surface area is 127 Å². The molecular weight excluding hydrogens is 298 g/mol. The van der Waals surface area contributed by atoms with Gasteiger partial charge in [-0.3, -0.25) is 4.79 Å². The number of hydrogen-bond acceptors (Lipinski definition) is 3. The Balaban J connectivity index is 1.94. The number of carboxylic acids is 1.